The van der Waals surface area contributed by atoms with E-state index in [4.69, 9.17) is 5.11 Å². The van der Waals surface area contributed by atoms with Gasteiger partial charge in [-0.1, -0.05) is 0 Å². The second-order valence-electron chi connectivity index (χ2n) is 3.09. The van der Waals surface area contributed by atoms with Gasteiger partial charge in [0.05, 0.1) is 0 Å². The Bertz CT molecular complexity index is 142. The molecule has 1 fully saturated rings. The zero-order chi connectivity index (χ0) is 9.19. The number of aliphatic hydroxyl groups excluding tert-OH is 1. The molecule has 12 heavy (non-hydrogen) atoms. The van der Waals surface area contributed by atoms with E-state index in [2.05, 4.69) is 5.32 Å². The lowest BCUT2D eigenvalue weighted by Crippen LogP contribution is -2.43. The van der Waals surface area contributed by atoms with Gasteiger partial charge in [0.2, 0.25) is 0 Å². The van der Waals surface area contributed by atoms with Crippen LogP contribution in [0.1, 0.15) is 12.8 Å². The molecule has 2 atom stereocenters. The third-order valence-electron chi connectivity index (χ3n) is 2.12. The molecule has 1 aliphatic rings. The molecule has 2 unspecified atom stereocenters. The number of rotatable bonds is 1. The molecule has 1 saturated heterocycles. The lowest BCUT2D eigenvalue weighted by Gasteiger charge is -2.28. The van der Waals surface area contributed by atoms with Gasteiger partial charge >= 0.3 is 6.18 Å². The molecule has 5 heteroatoms. The predicted octanol–water partition coefficient (Wildman–Crippen LogP) is 0.909. The largest absolute Gasteiger partial charge is 0.414 e. The lowest BCUT2D eigenvalue weighted by molar-refractivity contribution is -0.220. The third kappa shape index (κ3) is 2.35. The average Bonchev–Trinajstić information content (AvgIpc) is 2.03. The fourth-order valence-corrected chi connectivity index (χ4v) is 1.42. The molecule has 1 rings (SSSR count). The summed E-state index contributed by atoms with van der Waals surface area (Å²) in [5.74, 6) is -0.668. The first-order valence-electron chi connectivity index (χ1n) is 3.97. The highest BCUT2D eigenvalue weighted by atomic mass is 19.4. The van der Waals surface area contributed by atoms with Gasteiger partial charge in [-0.15, -0.1) is 0 Å². The van der Waals surface area contributed by atoms with Crippen LogP contribution in [0.3, 0.4) is 0 Å². The Kier molecular flexibility index (Phi) is 2.95. The summed E-state index contributed by atoms with van der Waals surface area (Å²) in [6.07, 6.45) is -5.47. The monoisotopic (exact) mass is 183 g/mol. The number of aliphatic hydroxyl groups is 1. The van der Waals surface area contributed by atoms with E-state index in [1.165, 1.54) is 0 Å². The second kappa shape index (κ2) is 3.62. The Morgan fingerprint density at radius 2 is 2.08 bits per heavy atom. The smallest absolute Gasteiger partial charge is 0.383 e. The molecule has 2 N–H and O–H groups in total. The molecule has 0 aromatic carbocycles. The minimum absolute atomic E-state index is 0.265. The highest BCUT2D eigenvalue weighted by Gasteiger charge is 2.43. The molecule has 0 radical (unpaired) electrons. The van der Waals surface area contributed by atoms with E-state index < -0.39 is 18.2 Å². The summed E-state index contributed by atoms with van der Waals surface area (Å²) in [6, 6.07) is 0. The minimum Gasteiger partial charge on any atom is -0.383 e. The molecular formula is C7H12F3NO. The maximum absolute atomic E-state index is 12.0. The highest BCUT2D eigenvalue weighted by molar-refractivity contribution is 4.80. The van der Waals surface area contributed by atoms with Crippen molar-refractivity contribution >= 4 is 0 Å². The van der Waals surface area contributed by atoms with E-state index >= 15 is 0 Å². The van der Waals surface area contributed by atoms with Crippen LogP contribution in [-0.2, 0) is 0 Å². The summed E-state index contributed by atoms with van der Waals surface area (Å²) in [6.45, 7) is 1.02. The van der Waals surface area contributed by atoms with Crippen LogP contribution >= 0.6 is 0 Å². The summed E-state index contributed by atoms with van der Waals surface area (Å²) in [5, 5.41) is 11.7. The van der Waals surface area contributed by atoms with Crippen molar-refractivity contribution in [1.29, 1.82) is 0 Å². The van der Waals surface area contributed by atoms with Crippen molar-refractivity contribution in [2.75, 3.05) is 13.1 Å². The third-order valence-corrected chi connectivity index (χ3v) is 2.12. The molecule has 0 aromatic rings. The molecule has 0 bridgehead atoms. The van der Waals surface area contributed by atoms with E-state index in [0.717, 1.165) is 6.54 Å². The van der Waals surface area contributed by atoms with Gasteiger partial charge in [-0.05, 0) is 19.4 Å². The Balaban J connectivity index is 2.45. The van der Waals surface area contributed by atoms with Crippen molar-refractivity contribution in [2.45, 2.75) is 25.1 Å². The molecule has 0 spiro atoms. The van der Waals surface area contributed by atoms with Crippen LogP contribution in [0.2, 0.25) is 0 Å². The average molecular weight is 183 g/mol. The Morgan fingerprint density at radius 3 is 2.50 bits per heavy atom. The molecular weight excluding hydrogens is 171 g/mol. The lowest BCUT2D eigenvalue weighted by atomic mass is 9.93. The Labute approximate surface area is 68.8 Å². The van der Waals surface area contributed by atoms with Gasteiger partial charge < -0.3 is 10.4 Å². The second-order valence-corrected chi connectivity index (χ2v) is 3.09. The van der Waals surface area contributed by atoms with Crippen LogP contribution < -0.4 is 5.32 Å². The normalized spacial score (nSPS) is 28.5. The summed E-state index contributed by atoms with van der Waals surface area (Å²) in [4.78, 5) is 0. The summed E-state index contributed by atoms with van der Waals surface area (Å²) < 4.78 is 35.9. The van der Waals surface area contributed by atoms with E-state index in [9.17, 15) is 13.2 Å². The standard InChI is InChI=1S/C7H12F3NO/c8-7(9,10)6(12)5-2-1-3-11-4-5/h5-6,11-12H,1-4H2. The van der Waals surface area contributed by atoms with E-state index in [0.29, 0.717) is 12.8 Å². The van der Waals surface area contributed by atoms with Crippen LogP contribution in [0.15, 0.2) is 0 Å². The maximum atomic E-state index is 12.0. The van der Waals surface area contributed by atoms with Crippen LogP contribution in [-0.4, -0.2) is 30.5 Å². The van der Waals surface area contributed by atoms with Crippen molar-refractivity contribution < 1.29 is 18.3 Å². The van der Waals surface area contributed by atoms with Gasteiger partial charge in [0, 0.05) is 12.5 Å². The van der Waals surface area contributed by atoms with Gasteiger partial charge in [-0.3, -0.25) is 0 Å². The van der Waals surface area contributed by atoms with Crippen LogP contribution in [0.4, 0.5) is 13.2 Å². The fourth-order valence-electron chi connectivity index (χ4n) is 1.42. The first-order valence-corrected chi connectivity index (χ1v) is 3.97. The number of piperidine rings is 1. The first-order chi connectivity index (χ1) is 5.52. The minimum atomic E-state index is -4.47. The predicted molar refractivity (Wildman–Crippen MR) is 37.7 cm³/mol. The number of nitrogens with one attached hydrogen (secondary N) is 1. The Morgan fingerprint density at radius 1 is 1.42 bits per heavy atom. The van der Waals surface area contributed by atoms with Gasteiger partial charge in [-0.2, -0.15) is 13.2 Å². The highest BCUT2D eigenvalue weighted by Crippen LogP contribution is 2.28. The fraction of sp³-hybridized carbons (Fsp3) is 1.00. The SMILES string of the molecule is OC(C1CCCNC1)C(F)(F)F. The first kappa shape index (κ1) is 9.80. The van der Waals surface area contributed by atoms with Crippen molar-refractivity contribution in [1.82, 2.24) is 5.32 Å². The number of halogens is 3. The molecule has 0 aromatic heterocycles. The molecule has 72 valence electrons. The van der Waals surface area contributed by atoms with E-state index in [1.807, 2.05) is 0 Å². The topological polar surface area (TPSA) is 32.3 Å². The molecule has 0 amide bonds. The molecule has 0 aliphatic carbocycles. The van der Waals surface area contributed by atoms with Crippen molar-refractivity contribution in [2.24, 2.45) is 5.92 Å². The zero-order valence-corrected chi connectivity index (χ0v) is 6.56. The molecule has 2 nitrogen and oxygen atoms in total. The molecule has 1 heterocycles. The van der Waals surface area contributed by atoms with Crippen LogP contribution in [0, 0.1) is 5.92 Å². The van der Waals surface area contributed by atoms with Crippen LogP contribution in [0.5, 0.6) is 0 Å². The summed E-state index contributed by atoms with van der Waals surface area (Å²) >= 11 is 0. The quantitative estimate of drug-likeness (QED) is 0.633. The van der Waals surface area contributed by atoms with Crippen molar-refractivity contribution in [3.05, 3.63) is 0 Å². The van der Waals surface area contributed by atoms with E-state index in [-0.39, 0.29) is 6.54 Å². The molecule has 0 saturated carbocycles. The van der Waals surface area contributed by atoms with E-state index in [1.54, 1.807) is 0 Å². The number of alkyl halides is 3. The van der Waals surface area contributed by atoms with Gasteiger partial charge in [0.25, 0.3) is 0 Å². The van der Waals surface area contributed by atoms with Crippen molar-refractivity contribution in [3.8, 4) is 0 Å². The summed E-state index contributed by atoms with van der Waals surface area (Å²) in [7, 11) is 0. The number of hydrogen-bond acceptors (Lipinski definition) is 2. The Hall–Kier alpha value is -0.290. The zero-order valence-electron chi connectivity index (χ0n) is 6.56. The van der Waals surface area contributed by atoms with Gasteiger partial charge in [0.15, 0.2) is 6.10 Å². The molecule has 1 aliphatic heterocycles. The van der Waals surface area contributed by atoms with Crippen molar-refractivity contribution in [3.63, 3.8) is 0 Å². The van der Waals surface area contributed by atoms with Gasteiger partial charge in [-0.25, -0.2) is 0 Å². The maximum Gasteiger partial charge on any atom is 0.414 e. The number of hydrogen-bond donors (Lipinski definition) is 2. The summed E-state index contributed by atoms with van der Waals surface area (Å²) in [5.41, 5.74) is 0. The van der Waals surface area contributed by atoms with Gasteiger partial charge in [0.1, 0.15) is 0 Å². The van der Waals surface area contributed by atoms with Crippen LogP contribution in [0.25, 0.3) is 0 Å².